The van der Waals surface area contributed by atoms with Crippen molar-refractivity contribution in [1.82, 2.24) is 0 Å². The van der Waals surface area contributed by atoms with Crippen molar-refractivity contribution in [3.05, 3.63) is 28.8 Å². The number of halogens is 1. The second kappa shape index (κ2) is 4.06. The lowest BCUT2D eigenvalue weighted by atomic mass is 10.1. The molecule has 82 valence electrons. The summed E-state index contributed by atoms with van der Waals surface area (Å²) in [6, 6.07) is 4.79. The lowest BCUT2D eigenvalue weighted by Crippen LogP contribution is -2.30. The number of rotatable bonds is 3. The fraction of sp³-hybridized carbons (Fsp3) is 0.182. The standard InChI is InChI=1S/C11H8ClNO3/c12-8-4-1-3-7-9(8)13(5-2-6-14)11(16)10(7)15/h1,3-4,6H,2,5H2. The summed E-state index contributed by atoms with van der Waals surface area (Å²) in [6.07, 6.45) is 0.885. The Morgan fingerprint density at radius 3 is 2.75 bits per heavy atom. The van der Waals surface area contributed by atoms with E-state index in [1.54, 1.807) is 18.2 Å². The largest absolute Gasteiger partial charge is 0.303 e. The number of hydrogen-bond acceptors (Lipinski definition) is 3. The van der Waals surface area contributed by atoms with Crippen LogP contribution in [0.25, 0.3) is 0 Å². The Morgan fingerprint density at radius 2 is 2.06 bits per heavy atom. The first-order valence-electron chi connectivity index (χ1n) is 4.75. The molecule has 16 heavy (non-hydrogen) atoms. The molecule has 0 N–H and O–H groups in total. The van der Waals surface area contributed by atoms with Gasteiger partial charge in [0, 0.05) is 13.0 Å². The topological polar surface area (TPSA) is 54.5 Å². The predicted molar refractivity (Wildman–Crippen MR) is 58.8 cm³/mol. The van der Waals surface area contributed by atoms with Gasteiger partial charge in [-0.25, -0.2) is 0 Å². The zero-order valence-corrected chi connectivity index (χ0v) is 9.03. The summed E-state index contributed by atoms with van der Waals surface area (Å²) in [5, 5.41) is 0.350. The summed E-state index contributed by atoms with van der Waals surface area (Å²) in [5.74, 6) is -1.19. The first-order chi connectivity index (χ1) is 7.66. The van der Waals surface area contributed by atoms with Crippen molar-refractivity contribution in [3.8, 4) is 0 Å². The fourth-order valence-electron chi connectivity index (χ4n) is 1.71. The Bertz CT molecular complexity index is 484. The van der Waals surface area contributed by atoms with Gasteiger partial charge in [-0.2, -0.15) is 0 Å². The monoisotopic (exact) mass is 237 g/mol. The Balaban J connectivity index is 2.47. The van der Waals surface area contributed by atoms with Crippen LogP contribution in [0.15, 0.2) is 18.2 Å². The van der Waals surface area contributed by atoms with Gasteiger partial charge in [0.2, 0.25) is 0 Å². The van der Waals surface area contributed by atoms with Crippen LogP contribution >= 0.6 is 11.6 Å². The highest BCUT2D eigenvalue weighted by atomic mass is 35.5. The number of Topliss-reactive ketones (excluding diaryl/α,β-unsaturated/α-hetero) is 1. The van der Waals surface area contributed by atoms with Gasteiger partial charge >= 0.3 is 0 Å². The Labute approximate surface area is 96.8 Å². The predicted octanol–water partition coefficient (Wildman–Crippen LogP) is 1.46. The number of aldehydes is 1. The number of para-hydroxylation sites is 1. The van der Waals surface area contributed by atoms with Gasteiger partial charge in [0.25, 0.3) is 11.7 Å². The van der Waals surface area contributed by atoms with E-state index >= 15 is 0 Å². The van der Waals surface area contributed by atoms with Gasteiger partial charge in [0.1, 0.15) is 6.29 Å². The van der Waals surface area contributed by atoms with Crippen LogP contribution < -0.4 is 4.90 Å². The van der Waals surface area contributed by atoms with Gasteiger partial charge in [-0.15, -0.1) is 0 Å². The number of ketones is 1. The number of amides is 1. The molecule has 0 radical (unpaired) electrons. The van der Waals surface area contributed by atoms with Gasteiger partial charge in [-0.05, 0) is 12.1 Å². The molecular weight excluding hydrogens is 230 g/mol. The average Bonchev–Trinajstić information content (AvgIpc) is 2.52. The highest BCUT2D eigenvalue weighted by Crippen LogP contribution is 2.35. The number of nitrogens with zero attached hydrogens (tertiary/aromatic N) is 1. The van der Waals surface area contributed by atoms with Crippen molar-refractivity contribution in [2.45, 2.75) is 6.42 Å². The third-order valence-corrected chi connectivity index (χ3v) is 2.72. The van der Waals surface area contributed by atoms with E-state index < -0.39 is 11.7 Å². The van der Waals surface area contributed by atoms with Crippen LogP contribution in [-0.4, -0.2) is 24.5 Å². The summed E-state index contributed by atoms with van der Waals surface area (Å²) in [4.78, 5) is 34.8. The van der Waals surface area contributed by atoms with E-state index in [9.17, 15) is 14.4 Å². The maximum atomic E-state index is 11.6. The van der Waals surface area contributed by atoms with Crippen LogP contribution in [0.5, 0.6) is 0 Å². The third-order valence-electron chi connectivity index (χ3n) is 2.41. The highest BCUT2D eigenvalue weighted by molar-refractivity contribution is 6.54. The van der Waals surface area contributed by atoms with Crippen molar-refractivity contribution in [2.24, 2.45) is 0 Å². The maximum absolute atomic E-state index is 11.6. The molecule has 1 aliphatic heterocycles. The highest BCUT2D eigenvalue weighted by Gasteiger charge is 2.36. The molecule has 0 unspecified atom stereocenters. The fourth-order valence-corrected chi connectivity index (χ4v) is 1.98. The van der Waals surface area contributed by atoms with Gasteiger partial charge < -0.3 is 9.69 Å². The quantitative estimate of drug-likeness (QED) is 0.591. The third kappa shape index (κ3) is 1.51. The lowest BCUT2D eigenvalue weighted by molar-refractivity contribution is -0.114. The minimum Gasteiger partial charge on any atom is -0.303 e. The molecule has 2 rings (SSSR count). The van der Waals surface area contributed by atoms with Gasteiger partial charge in [-0.3, -0.25) is 9.59 Å². The van der Waals surface area contributed by atoms with E-state index in [2.05, 4.69) is 0 Å². The Kier molecular flexibility index (Phi) is 2.75. The molecule has 1 aromatic carbocycles. The van der Waals surface area contributed by atoms with Crippen LogP contribution in [0.2, 0.25) is 5.02 Å². The number of hydrogen-bond donors (Lipinski definition) is 0. The number of anilines is 1. The van der Waals surface area contributed by atoms with E-state index in [4.69, 9.17) is 11.6 Å². The summed E-state index contributed by atoms with van der Waals surface area (Å²) in [5.41, 5.74) is 0.726. The summed E-state index contributed by atoms with van der Waals surface area (Å²) in [6.45, 7) is 0.185. The van der Waals surface area contributed by atoms with Gasteiger partial charge in [0.05, 0.1) is 16.3 Å². The number of carbonyl (C=O) groups excluding carboxylic acids is 3. The van der Waals surface area contributed by atoms with Crippen molar-refractivity contribution >= 4 is 35.3 Å². The van der Waals surface area contributed by atoms with Crippen LogP contribution in [0.3, 0.4) is 0 Å². The van der Waals surface area contributed by atoms with Crippen molar-refractivity contribution < 1.29 is 14.4 Å². The first kappa shape index (κ1) is 10.8. The zero-order chi connectivity index (χ0) is 11.7. The molecule has 0 saturated heterocycles. The minimum absolute atomic E-state index is 0.184. The van der Waals surface area contributed by atoms with Crippen molar-refractivity contribution in [1.29, 1.82) is 0 Å². The van der Waals surface area contributed by atoms with Crippen LogP contribution in [0, 0.1) is 0 Å². The molecule has 1 aromatic rings. The molecule has 0 spiro atoms. The summed E-state index contributed by atoms with van der Waals surface area (Å²) >= 11 is 5.94. The van der Waals surface area contributed by atoms with E-state index in [1.807, 2.05) is 0 Å². The first-order valence-corrected chi connectivity index (χ1v) is 5.13. The molecule has 0 fully saturated rings. The van der Waals surface area contributed by atoms with E-state index in [1.165, 1.54) is 4.90 Å². The van der Waals surface area contributed by atoms with Crippen LogP contribution in [-0.2, 0) is 9.59 Å². The smallest absolute Gasteiger partial charge is 0.299 e. The normalized spacial score (nSPS) is 14.2. The number of fused-ring (bicyclic) bond motifs is 1. The second-order valence-corrected chi connectivity index (χ2v) is 3.78. The SMILES string of the molecule is O=CCCN1C(=O)C(=O)c2cccc(Cl)c21. The molecule has 5 heteroatoms. The molecule has 0 aliphatic carbocycles. The van der Waals surface area contributed by atoms with Gasteiger partial charge in [0.15, 0.2) is 0 Å². The summed E-state index contributed by atoms with van der Waals surface area (Å²) in [7, 11) is 0. The molecule has 1 aliphatic rings. The number of carbonyl (C=O) groups is 3. The molecule has 1 amide bonds. The molecular formula is C11H8ClNO3. The van der Waals surface area contributed by atoms with E-state index in [-0.39, 0.29) is 13.0 Å². The van der Waals surface area contributed by atoms with Crippen molar-refractivity contribution in [3.63, 3.8) is 0 Å². The lowest BCUT2D eigenvalue weighted by Gasteiger charge is -2.15. The van der Waals surface area contributed by atoms with E-state index in [0.29, 0.717) is 22.6 Å². The molecule has 0 atom stereocenters. The van der Waals surface area contributed by atoms with Crippen LogP contribution in [0.4, 0.5) is 5.69 Å². The van der Waals surface area contributed by atoms with E-state index in [0.717, 1.165) is 0 Å². The second-order valence-electron chi connectivity index (χ2n) is 3.38. The summed E-state index contributed by atoms with van der Waals surface area (Å²) < 4.78 is 0. The minimum atomic E-state index is -0.620. The number of benzene rings is 1. The molecule has 0 aromatic heterocycles. The van der Waals surface area contributed by atoms with Crippen LogP contribution in [0.1, 0.15) is 16.8 Å². The van der Waals surface area contributed by atoms with Gasteiger partial charge in [-0.1, -0.05) is 17.7 Å². The molecule has 0 bridgehead atoms. The van der Waals surface area contributed by atoms with Crippen molar-refractivity contribution in [2.75, 3.05) is 11.4 Å². The molecule has 4 nitrogen and oxygen atoms in total. The zero-order valence-electron chi connectivity index (χ0n) is 8.27. The Morgan fingerprint density at radius 1 is 1.31 bits per heavy atom. The maximum Gasteiger partial charge on any atom is 0.299 e. The average molecular weight is 238 g/mol. The molecule has 1 heterocycles. The Hall–Kier alpha value is -1.68. The molecule has 0 saturated carbocycles.